The molecule has 0 saturated carbocycles. The molecule has 21 heavy (non-hydrogen) atoms. The van der Waals surface area contributed by atoms with Gasteiger partial charge in [0.2, 0.25) is 0 Å². The van der Waals surface area contributed by atoms with Crippen molar-refractivity contribution < 1.29 is 14.3 Å². The lowest BCUT2D eigenvalue weighted by molar-refractivity contribution is -0.139. The molecule has 114 valence electrons. The Hall–Kier alpha value is -1.89. The zero-order valence-corrected chi connectivity index (χ0v) is 13.7. The lowest BCUT2D eigenvalue weighted by Crippen LogP contribution is -2.39. The molecule has 0 bridgehead atoms. The van der Waals surface area contributed by atoms with Crippen LogP contribution < -0.4 is 15.5 Å². The maximum absolute atomic E-state index is 11.5. The molecule has 0 atom stereocenters. The van der Waals surface area contributed by atoms with Crippen LogP contribution in [0.5, 0.6) is 5.75 Å². The monoisotopic (exact) mass is 355 g/mol. The summed E-state index contributed by atoms with van der Waals surface area (Å²) in [6.07, 6.45) is 1.41. The second-order valence-electron chi connectivity index (χ2n) is 4.69. The highest BCUT2D eigenvalue weighted by atomic mass is 79.9. The Balaban J connectivity index is 2.60. The number of nitrogens with zero attached hydrogens (tertiary/aromatic N) is 1. The molecule has 0 aliphatic heterocycles. The Morgan fingerprint density at radius 2 is 2.10 bits per heavy atom. The summed E-state index contributed by atoms with van der Waals surface area (Å²) in [7, 11) is 1.54. The lowest BCUT2D eigenvalue weighted by Gasteiger charge is -2.06. The molecule has 0 fully saturated rings. The summed E-state index contributed by atoms with van der Waals surface area (Å²) in [5.74, 6) is -0.625. The van der Waals surface area contributed by atoms with Crippen LogP contribution in [0.1, 0.15) is 19.4 Å². The Bertz CT molecular complexity index is 544. The van der Waals surface area contributed by atoms with E-state index in [4.69, 9.17) is 4.74 Å². The molecule has 0 unspecified atom stereocenters. The number of hydrogen-bond acceptors (Lipinski definition) is 4. The number of halogens is 1. The van der Waals surface area contributed by atoms with Gasteiger partial charge in [0.1, 0.15) is 5.75 Å². The predicted molar refractivity (Wildman–Crippen MR) is 84.3 cm³/mol. The van der Waals surface area contributed by atoms with Crippen molar-refractivity contribution in [1.82, 2.24) is 10.7 Å². The van der Waals surface area contributed by atoms with Crippen molar-refractivity contribution >= 4 is 34.0 Å². The number of hydrogen-bond donors (Lipinski definition) is 2. The summed E-state index contributed by atoms with van der Waals surface area (Å²) < 4.78 is 6.02. The molecule has 1 rings (SSSR count). The van der Waals surface area contributed by atoms with Gasteiger partial charge in [0.25, 0.3) is 0 Å². The quantitative estimate of drug-likeness (QED) is 0.479. The van der Waals surface area contributed by atoms with Crippen molar-refractivity contribution in [3.05, 3.63) is 28.2 Å². The molecule has 0 aromatic heterocycles. The summed E-state index contributed by atoms with van der Waals surface area (Å²) >= 11 is 3.33. The smallest absolute Gasteiger partial charge is 0.329 e. The molecular weight excluding hydrogens is 338 g/mol. The third-order valence-corrected chi connectivity index (χ3v) is 2.93. The molecule has 0 radical (unpaired) electrons. The van der Waals surface area contributed by atoms with Crippen LogP contribution in [0, 0.1) is 5.92 Å². The third-order valence-electron chi connectivity index (χ3n) is 2.44. The Kier molecular flexibility index (Phi) is 6.87. The first-order chi connectivity index (χ1) is 9.93. The number of carbonyl (C=O) groups is 2. The molecule has 1 aromatic rings. The lowest BCUT2D eigenvalue weighted by atomic mass is 10.2. The largest absolute Gasteiger partial charge is 0.496 e. The van der Waals surface area contributed by atoms with Crippen LogP contribution in [0.4, 0.5) is 0 Å². The van der Waals surface area contributed by atoms with Crippen molar-refractivity contribution in [3.8, 4) is 5.75 Å². The molecule has 0 heterocycles. The van der Waals surface area contributed by atoms with E-state index >= 15 is 0 Å². The molecule has 2 amide bonds. The second kappa shape index (κ2) is 8.41. The standard InChI is InChI=1S/C14H18BrN3O3/c1-9(2)7-16-13(19)14(20)18-17-8-10-6-11(15)4-5-12(10)21-3/h4-6,8-9H,7H2,1-3H3,(H,16,19)(H,18,20). The Labute approximate surface area is 132 Å². The molecule has 0 saturated heterocycles. The van der Waals surface area contributed by atoms with Crippen molar-refractivity contribution in [2.75, 3.05) is 13.7 Å². The minimum Gasteiger partial charge on any atom is -0.496 e. The van der Waals surface area contributed by atoms with Gasteiger partial charge in [-0.25, -0.2) is 5.43 Å². The van der Waals surface area contributed by atoms with Crippen molar-refractivity contribution in [2.45, 2.75) is 13.8 Å². The van der Waals surface area contributed by atoms with E-state index < -0.39 is 11.8 Å². The molecule has 0 spiro atoms. The number of nitrogens with one attached hydrogen (secondary N) is 2. The summed E-state index contributed by atoms with van der Waals surface area (Å²) in [4.78, 5) is 22.9. The number of ether oxygens (including phenoxy) is 1. The first kappa shape index (κ1) is 17.2. The average Bonchev–Trinajstić information content (AvgIpc) is 2.44. The van der Waals surface area contributed by atoms with Crippen LogP contribution in [0.15, 0.2) is 27.8 Å². The normalized spacial score (nSPS) is 10.7. The van der Waals surface area contributed by atoms with Gasteiger partial charge in [0.05, 0.1) is 13.3 Å². The fourth-order valence-corrected chi connectivity index (χ4v) is 1.77. The van der Waals surface area contributed by atoms with E-state index in [1.54, 1.807) is 19.2 Å². The highest BCUT2D eigenvalue weighted by Crippen LogP contribution is 2.21. The van der Waals surface area contributed by atoms with Gasteiger partial charge in [-0.1, -0.05) is 29.8 Å². The number of methoxy groups -OCH3 is 1. The van der Waals surface area contributed by atoms with Gasteiger partial charge in [-0.2, -0.15) is 5.10 Å². The molecule has 0 aliphatic carbocycles. The molecule has 0 aliphatic rings. The van der Waals surface area contributed by atoms with E-state index in [1.165, 1.54) is 6.21 Å². The summed E-state index contributed by atoms with van der Waals surface area (Å²) in [5.41, 5.74) is 2.85. The summed E-state index contributed by atoms with van der Waals surface area (Å²) in [6, 6.07) is 5.38. The fraction of sp³-hybridized carbons (Fsp3) is 0.357. The Morgan fingerprint density at radius 1 is 1.38 bits per heavy atom. The third kappa shape index (κ3) is 5.95. The number of amides is 2. The Morgan fingerprint density at radius 3 is 2.71 bits per heavy atom. The molecule has 2 N–H and O–H groups in total. The van der Waals surface area contributed by atoms with Gasteiger partial charge in [0, 0.05) is 16.6 Å². The van der Waals surface area contributed by atoms with Crippen LogP contribution in [-0.4, -0.2) is 31.7 Å². The van der Waals surface area contributed by atoms with Crippen LogP contribution in [0.3, 0.4) is 0 Å². The van der Waals surface area contributed by atoms with Crippen LogP contribution in [0.2, 0.25) is 0 Å². The van der Waals surface area contributed by atoms with Crippen LogP contribution in [0.25, 0.3) is 0 Å². The van der Waals surface area contributed by atoms with E-state index in [0.29, 0.717) is 17.9 Å². The predicted octanol–water partition coefficient (Wildman–Crippen LogP) is 1.68. The van der Waals surface area contributed by atoms with Crippen molar-refractivity contribution in [1.29, 1.82) is 0 Å². The second-order valence-corrected chi connectivity index (χ2v) is 5.60. The molecule has 1 aromatic carbocycles. The maximum Gasteiger partial charge on any atom is 0.329 e. The first-order valence-corrected chi connectivity index (χ1v) is 7.18. The highest BCUT2D eigenvalue weighted by molar-refractivity contribution is 9.10. The number of benzene rings is 1. The topological polar surface area (TPSA) is 79.8 Å². The molecule has 7 heteroatoms. The van der Waals surface area contributed by atoms with E-state index in [0.717, 1.165) is 4.47 Å². The minimum atomic E-state index is -0.805. The zero-order chi connectivity index (χ0) is 15.8. The van der Waals surface area contributed by atoms with Gasteiger partial charge >= 0.3 is 11.8 Å². The highest BCUT2D eigenvalue weighted by Gasteiger charge is 2.12. The fourth-order valence-electron chi connectivity index (χ4n) is 1.39. The zero-order valence-electron chi connectivity index (χ0n) is 12.1. The summed E-state index contributed by atoms with van der Waals surface area (Å²) in [6.45, 7) is 4.32. The van der Waals surface area contributed by atoms with Gasteiger partial charge in [0.15, 0.2) is 0 Å². The van der Waals surface area contributed by atoms with E-state index in [2.05, 4.69) is 31.8 Å². The number of hydrazone groups is 1. The number of carbonyl (C=O) groups excluding carboxylic acids is 2. The van der Waals surface area contributed by atoms with E-state index in [-0.39, 0.29) is 5.92 Å². The first-order valence-electron chi connectivity index (χ1n) is 6.38. The van der Waals surface area contributed by atoms with Gasteiger partial charge in [-0.05, 0) is 24.1 Å². The summed E-state index contributed by atoms with van der Waals surface area (Å²) in [5, 5.41) is 6.26. The molecular formula is C14H18BrN3O3. The average molecular weight is 356 g/mol. The maximum atomic E-state index is 11.5. The number of rotatable bonds is 5. The van der Waals surface area contributed by atoms with E-state index in [9.17, 15) is 9.59 Å². The van der Waals surface area contributed by atoms with Crippen molar-refractivity contribution in [2.24, 2.45) is 11.0 Å². The van der Waals surface area contributed by atoms with Gasteiger partial charge < -0.3 is 10.1 Å². The SMILES string of the molecule is COc1ccc(Br)cc1C=NNC(=O)C(=O)NCC(C)C. The van der Waals surface area contributed by atoms with Crippen molar-refractivity contribution in [3.63, 3.8) is 0 Å². The van der Waals surface area contributed by atoms with Gasteiger partial charge in [-0.15, -0.1) is 0 Å². The van der Waals surface area contributed by atoms with Crippen LogP contribution >= 0.6 is 15.9 Å². The van der Waals surface area contributed by atoms with E-state index in [1.807, 2.05) is 19.9 Å². The minimum absolute atomic E-state index is 0.274. The van der Waals surface area contributed by atoms with Crippen LogP contribution in [-0.2, 0) is 9.59 Å². The molecule has 6 nitrogen and oxygen atoms in total. The van der Waals surface area contributed by atoms with Gasteiger partial charge in [-0.3, -0.25) is 9.59 Å².